The van der Waals surface area contributed by atoms with Gasteiger partial charge in [-0.2, -0.15) is 10.2 Å². The second-order valence-electron chi connectivity index (χ2n) is 8.43. The van der Waals surface area contributed by atoms with Gasteiger partial charge in [-0.1, -0.05) is 12.8 Å². The van der Waals surface area contributed by atoms with Crippen LogP contribution in [-0.4, -0.2) is 61.4 Å². The molecule has 0 aromatic carbocycles. The van der Waals surface area contributed by atoms with Crippen molar-refractivity contribution >= 4 is 22.9 Å². The van der Waals surface area contributed by atoms with Crippen LogP contribution in [0.2, 0.25) is 0 Å². The summed E-state index contributed by atoms with van der Waals surface area (Å²) < 4.78 is 3.55. The van der Waals surface area contributed by atoms with E-state index in [4.69, 9.17) is 0 Å². The zero-order chi connectivity index (χ0) is 22.2. The smallest absolute Gasteiger partial charge is 0.263 e. The Morgan fingerprint density at radius 3 is 2.72 bits per heavy atom. The highest BCUT2D eigenvalue weighted by Crippen LogP contribution is 2.31. The zero-order valence-electron chi connectivity index (χ0n) is 18.5. The Morgan fingerprint density at radius 1 is 1.12 bits per heavy atom. The molecule has 4 heterocycles. The summed E-state index contributed by atoms with van der Waals surface area (Å²) in [6.45, 7) is 0. The van der Waals surface area contributed by atoms with Crippen LogP contribution in [0.25, 0.3) is 27.9 Å². The third kappa shape index (κ3) is 3.71. The van der Waals surface area contributed by atoms with Gasteiger partial charge in [0, 0.05) is 61.5 Å². The molecular formula is C23H27N7OS. The third-order valence-corrected chi connectivity index (χ3v) is 7.35. The van der Waals surface area contributed by atoms with Crippen LogP contribution in [0, 0.1) is 0 Å². The molecule has 0 bridgehead atoms. The lowest BCUT2D eigenvalue weighted by molar-refractivity contribution is 0.0660. The lowest BCUT2D eigenvalue weighted by atomic mass is 9.89. The number of aromatic nitrogens is 5. The van der Waals surface area contributed by atoms with Gasteiger partial charge in [0.05, 0.1) is 17.3 Å². The predicted octanol–water partition coefficient (Wildman–Crippen LogP) is 3.46. The summed E-state index contributed by atoms with van der Waals surface area (Å²) in [5.74, 6) is 0.0803. The molecule has 8 nitrogen and oxygen atoms in total. The van der Waals surface area contributed by atoms with Crippen molar-refractivity contribution in [2.24, 2.45) is 7.05 Å². The van der Waals surface area contributed by atoms with Crippen LogP contribution in [0.15, 0.2) is 42.4 Å². The maximum Gasteiger partial charge on any atom is 0.263 e. The molecule has 9 heteroatoms. The van der Waals surface area contributed by atoms with Crippen LogP contribution in [0.5, 0.6) is 0 Å². The Labute approximate surface area is 190 Å². The normalized spacial score (nSPS) is 18.8. The van der Waals surface area contributed by atoms with Crippen molar-refractivity contribution in [3.05, 3.63) is 47.3 Å². The quantitative estimate of drug-likeness (QED) is 0.505. The highest BCUT2D eigenvalue weighted by atomic mass is 32.1. The van der Waals surface area contributed by atoms with E-state index in [9.17, 15) is 4.79 Å². The van der Waals surface area contributed by atoms with Crippen molar-refractivity contribution in [1.29, 1.82) is 0 Å². The van der Waals surface area contributed by atoms with Gasteiger partial charge in [-0.3, -0.25) is 9.48 Å². The van der Waals surface area contributed by atoms with Crippen molar-refractivity contribution in [3.8, 4) is 22.3 Å². The first-order valence-corrected chi connectivity index (χ1v) is 11.8. The zero-order valence-corrected chi connectivity index (χ0v) is 19.3. The van der Waals surface area contributed by atoms with Crippen LogP contribution >= 0.6 is 11.3 Å². The fourth-order valence-electron chi connectivity index (χ4n) is 4.62. The first-order valence-electron chi connectivity index (χ1n) is 10.9. The summed E-state index contributed by atoms with van der Waals surface area (Å²) >= 11 is 1.48. The molecule has 166 valence electrons. The van der Waals surface area contributed by atoms with E-state index in [-0.39, 0.29) is 11.9 Å². The molecule has 0 saturated heterocycles. The van der Waals surface area contributed by atoms with Gasteiger partial charge in [-0.25, -0.2) is 9.50 Å². The average molecular weight is 450 g/mol. The van der Waals surface area contributed by atoms with Crippen molar-refractivity contribution in [3.63, 3.8) is 0 Å². The van der Waals surface area contributed by atoms with Crippen molar-refractivity contribution in [2.75, 3.05) is 14.1 Å². The maximum atomic E-state index is 13.2. The van der Waals surface area contributed by atoms with Gasteiger partial charge < -0.3 is 10.2 Å². The number of fused-ring (bicyclic) bond motifs is 1. The molecular weight excluding hydrogens is 422 g/mol. The standard InChI is InChI=1S/C23H27N7OS/c1-24-19-6-4-5-7-20(19)29(3)23(31)21-8-15(14-32-21)18-11-27-30-13-16(9-25-22(18)30)17-10-26-28(2)12-17/h8-14,19-20,24H,4-7H2,1-3H3/t19-,20?/m1/s1. The lowest BCUT2D eigenvalue weighted by Crippen LogP contribution is -2.51. The molecule has 0 spiro atoms. The summed E-state index contributed by atoms with van der Waals surface area (Å²) in [6.07, 6.45) is 13.9. The number of likely N-dealkylation sites (N-methyl/N-ethyl adjacent to an activating group) is 2. The number of aryl methyl sites for hydroxylation is 1. The molecule has 1 N–H and O–H groups in total. The minimum atomic E-state index is 0.0803. The van der Waals surface area contributed by atoms with E-state index in [1.54, 1.807) is 9.20 Å². The minimum absolute atomic E-state index is 0.0803. The van der Waals surface area contributed by atoms with E-state index in [0.717, 1.165) is 45.6 Å². The minimum Gasteiger partial charge on any atom is -0.336 e. The SMILES string of the molecule is CN[C@@H]1CCCCC1N(C)C(=O)c1cc(-c2cnn3cc(-c4cnn(C)c4)cnc23)cs1. The molecule has 4 aromatic heterocycles. The summed E-state index contributed by atoms with van der Waals surface area (Å²) in [5.41, 5.74) is 4.61. The van der Waals surface area contributed by atoms with Crippen LogP contribution in [0.3, 0.4) is 0 Å². The van der Waals surface area contributed by atoms with E-state index in [0.29, 0.717) is 6.04 Å². The Morgan fingerprint density at radius 2 is 1.94 bits per heavy atom. The molecule has 0 aliphatic heterocycles. The lowest BCUT2D eigenvalue weighted by Gasteiger charge is -2.37. The Bertz CT molecular complexity index is 1260. The summed E-state index contributed by atoms with van der Waals surface area (Å²) in [7, 11) is 5.81. The predicted molar refractivity (Wildman–Crippen MR) is 126 cm³/mol. The second-order valence-corrected chi connectivity index (χ2v) is 9.35. The van der Waals surface area contributed by atoms with Gasteiger partial charge in [-0.15, -0.1) is 11.3 Å². The third-order valence-electron chi connectivity index (χ3n) is 6.43. The Balaban J connectivity index is 1.40. The van der Waals surface area contributed by atoms with E-state index in [1.165, 1.54) is 24.2 Å². The second kappa shape index (κ2) is 8.48. The fraction of sp³-hybridized carbons (Fsp3) is 0.391. The number of thiophene rings is 1. The topological polar surface area (TPSA) is 80.4 Å². The molecule has 4 aromatic rings. The van der Waals surface area contributed by atoms with Crippen LogP contribution in [-0.2, 0) is 7.05 Å². The number of amides is 1. The Kier molecular flexibility index (Phi) is 5.52. The number of nitrogens with zero attached hydrogens (tertiary/aromatic N) is 6. The number of carbonyl (C=O) groups excluding carboxylic acids is 1. The van der Waals surface area contributed by atoms with Gasteiger partial charge in [0.1, 0.15) is 0 Å². The molecule has 1 unspecified atom stereocenters. The van der Waals surface area contributed by atoms with Crippen molar-refractivity contribution in [2.45, 2.75) is 37.8 Å². The monoisotopic (exact) mass is 449 g/mol. The van der Waals surface area contributed by atoms with E-state index >= 15 is 0 Å². The summed E-state index contributed by atoms with van der Waals surface area (Å²) in [4.78, 5) is 20.5. The highest BCUT2D eigenvalue weighted by molar-refractivity contribution is 7.12. The van der Waals surface area contributed by atoms with Gasteiger partial charge in [0.2, 0.25) is 0 Å². The van der Waals surface area contributed by atoms with Gasteiger partial charge in [0.15, 0.2) is 5.65 Å². The van der Waals surface area contributed by atoms with Crippen molar-refractivity contribution in [1.82, 2.24) is 34.6 Å². The molecule has 5 rings (SSSR count). The molecule has 2 atom stereocenters. The van der Waals surface area contributed by atoms with Crippen LogP contribution < -0.4 is 5.32 Å². The number of hydrogen-bond acceptors (Lipinski definition) is 6. The van der Waals surface area contributed by atoms with E-state index in [1.807, 2.05) is 68.5 Å². The first-order chi connectivity index (χ1) is 15.5. The largest absolute Gasteiger partial charge is 0.336 e. The molecule has 1 aliphatic rings. The van der Waals surface area contributed by atoms with Crippen LogP contribution in [0.4, 0.5) is 0 Å². The molecule has 0 radical (unpaired) electrons. The molecule has 1 aliphatic carbocycles. The molecule has 1 saturated carbocycles. The molecule has 1 amide bonds. The van der Waals surface area contributed by atoms with Gasteiger partial charge in [0.25, 0.3) is 5.91 Å². The summed E-state index contributed by atoms with van der Waals surface area (Å²) in [6, 6.07) is 2.56. The molecule has 32 heavy (non-hydrogen) atoms. The van der Waals surface area contributed by atoms with Crippen LogP contribution in [0.1, 0.15) is 35.4 Å². The maximum absolute atomic E-state index is 13.2. The summed E-state index contributed by atoms with van der Waals surface area (Å²) in [5, 5.41) is 14.1. The van der Waals surface area contributed by atoms with Crippen molar-refractivity contribution < 1.29 is 4.79 Å². The van der Waals surface area contributed by atoms with Gasteiger partial charge >= 0.3 is 0 Å². The number of nitrogens with one attached hydrogen (secondary N) is 1. The molecule has 1 fully saturated rings. The van der Waals surface area contributed by atoms with Gasteiger partial charge in [-0.05, 0) is 36.9 Å². The number of hydrogen-bond donors (Lipinski definition) is 1. The fourth-order valence-corrected chi connectivity index (χ4v) is 5.51. The number of carbonyl (C=O) groups is 1. The highest BCUT2D eigenvalue weighted by Gasteiger charge is 2.30. The van der Waals surface area contributed by atoms with E-state index in [2.05, 4.69) is 20.5 Å². The first kappa shape index (κ1) is 20.8. The number of rotatable bonds is 5. The Hall–Kier alpha value is -3.04. The average Bonchev–Trinajstić information content (AvgIpc) is 3.56. The van der Waals surface area contributed by atoms with E-state index < -0.39 is 0 Å².